The lowest BCUT2D eigenvalue weighted by Gasteiger charge is -2.19. The van der Waals surface area contributed by atoms with E-state index in [1.54, 1.807) is 7.11 Å². The number of hydrogen-bond donors (Lipinski definition) is 2. The van der Waals surface area contributed by atoms with Gasteiger partial charge in [-0.1, -0.05) is 0 Å². The lowest BCUT2D eigenvalue weighted by Crippen LogP contribution is -2.24. The first-order valence-electron chi connectivity index (χ1n) is 6.30. The third-order valence-electron chi connectivity index (χ3n) is 3.02. The maximum Gasteiger partial charge on any atom is 0.260 e. The zero-order valence-electron chi connectivity index (χ0n) is 12.5. The van der Waals surface area contributed by atoms with Crippen LogP contribution >= 0.6 is 11.3 Å². The van der Waals surface area contributed by atoms with E-state index in [0.29, 0.717) is 29.2 Å². The van der Waals surface area contributed by atoms with Crippen LogP contribution in [0.5, 0.6) is 0 Å². The monoisotopic (exact) mass is 343 g/mol. The number of thiophene rings is 1. The first-order valence-corrected chi connectivity index (χ1v) is 8.67. The second-order valence-corrected chi connectivity index (χ2v) is 6.86. The topological polar surface area (TPSA) is 124 Å². The largest absolute Gasteiger partial charge is 0.397 e. The minimum absolute atomic E-state index is 0.184. The molecule has 0 saturated heterocycles. The SMILES string of the molecule is COCCN(C)c1nc(S(C)=O)nc2sc(C(N)=O)c(N)c12. The number of nitrogens with zero attached hydrogens (tertiary/aromatic N) is 3. The minimum atomic E-state index is -1.36. The molecule has 10 heteroatoms. The van der Waals surface area contributed by atoms with Crippen LogP contribution in [0.3, 0.4) is 0 Å². The Balaban J connectivity index is 2.69. The zero-order chi connectivity index (χ0) is 16.4. The maximum absolute atomic E-state index is 11.7. The second-order valence-electron chi connectivity index (χ2n) is 4.59. The first-order chi connectivity index (χ1) is 10.4. The van der Waals surface area contributed by atoms with Crippen LogP contribution in [0.4, 0.5) is 11.5 Å². The summed E-state index contributed by atoms with van der Waals surface area (Å²) in [4.78, 5) is 22.6. The van der Waals surface area contributed by atoms with E-state index in [2.05, 4.69) is 9.97 Å². The number of carbonyl (C=O) groups excluding carboxylic acids is 1. The molecule has 2 heterocycles. The molecule has 2 aromatic heterocycles. The molecule has 1 amide bonds. The maximum atomic E-state index is 11.7. The number of nitrogens with two attached hydrogens (primary N) is 2. The molecular formula is C12H17N5O3S2. The smallest absolute Gasteiger partial charge is 0.260 e. The number of anilines is 2. The van der Waals surface area contributed by atoms with E-state index in [0.717, 1.165) is 11.3 Å². The second kappa shape index (κ2) is 6.55. The van der Waals surface area contributed by atoms with E-state index in [1.165, 1.54) is 6.26 Å². The molecule has 0 aliphatic heterocycles. The van der Waals surface area contributed by atoms with E-state index in [9.17, 15) is 9.00 Å². The van der Waals surface area contributed by atoms with Gasteiger partial charge in [0.2, 0.25) is 5.16 Å². The van der Waals surface area contributed by atoms with Gasteiger partial charge in [0.1, 0.15) is 15.5 Å². The molecule has 0 spiro atoms. The molecule has 22 heavy (non-hydrogen) atoms. The van der Waals surface area contributed by atoms with E-state index >= 15 is 0 Å². The Morgan fingerprint density at radius 2 is 2.14 bits per heavy atom. The molecule has 0 aliphatic rings. The van der Waals surface area contributed by atoms with Crippen LogP contribution in [-0.4, -0.2) is 53.6 Å². The number of rotatable bonds is 6. The fourth-order valence-corrected chi connectivity index (χ4v) is 3.34. The Kier molecular flexibility index (Phi) is 4.94. The van der Waals surface area contributed by atoms with Crippen molar-refractivity contribution in [3.05, 3.63) is 4.88 Å². The van der Waals surface area contributed by atoms with E-state index in [-0.39, 0.29) is 15.7 Å². The van der Waals surface area contributed by atoms with Crippen molar-refractivity contribution in [1.82, 2.24) is 9.97 Å². The predicted octanol–water partition coefficient (Wildman–Crippen LogP) is 0.192. The lowest BCUT2D eigenvalue weighted by atomic mass is 10.2. The van der Waals surface area contributed by atoms with Crippen LogP contribution in [-0.2, 0) is 15.5 Å². The highest BCUT2D eigenvalue weighted by molar-refractivity contribution is 7.84. The third-order valence-corrected chi connectivity index (χ3v) is 4.83. The highest BCUT2D eigenvalue weighted by Crippen LogP contribution is 2.37. The van der Waals surface area contributed by atoms with Gasteiger partial charge < -0.3 is 21.1 Å². The first kappa shape index (κ1) is 16.6. The Morgan fingerprint density at radius 3 is 2.68 bits per heavy atom. The van der Waals surface area contributed by atoms with Gasteiger partial charge in [-0.3, -0.25) is 9.00 Å². The van der Waals surface area contributed by atoms with Crippen molar-refractivity contribution in [2.75, 3.05) is 44.2 Å². The molecule has 4 N–H and O–H groups in total. The Hall–Kier alpha value is -1.78. The van der Waals surface area contributed by atoms with Crippen molar-refractivity contribution < 1.29 is 13.7 Å². The van der Waals surface area contributed by atoms with Crippen molar-refractivity contribution in [3.63, 3.8) is 0 Å². The van der Waals surface area contributed by atoms with E-state index in [1.807, 2.05) is 11.9 Å². The van der Waals surface area contributed by atoms with Crippen molar-refractivity contribution in [2.45, 2.75) is 5.16 Å². The molecule has 0 aliphatic carbocycles. The summed E-state index contributed by atoms with van der Waals surface area (Å²) in [6, 6.07) is 0. The zero-order valence-corrected chi connectivity index (χ0v) is 14.1. The Labute approximate surface area is 133 Å². The van der Waals surface area contributed by atoms with Crippen LogP contribution in [0.25, 0.3) is 10.2 Å². The number of likely N-dealkylation sites (N-methyl/N-ethyl adjacent to an activating group) is 1. The minimum Gasteiger partial charge on any atom is -0.397 e. The molecule has 8 nitrogen and oxygen atoms in total. The number of hydrogen-bond acceptors (Lipinski definition) is 8. The quantitative estimate of drug-likeness (QED) is 0.717. The Bertz CT molecular complexity index is 746. The van der Waals surface area contributed by atoms with E-state index < -0.39 is 16.7 Å². The summed E-state index contributed by atoms with van der Waals surface area (Å²) in [5.74, 6) is -0.112. The van der Waals surface area contributed by atoms with Crippen molar-refractivity contribution in [2.24, 2.45) is 5.73 Å². The summed E-state index contributed by atoms with van der Waals surface area (Å²) in [7, 11) is 2.05. The van der Waals surface area contributed by atoms with Gasteiger partial charge in [0.25, 0.3) is 5.91 Å². The van der Waals surface area contributed by atoms with Crippen LogP contribution in [0.1, 0.15) is 9.67 Å². The number of amides is 1. The third kappa shape index (κ3) is 3.03. The van der Waals surface area contributed by atoms with Gasteiger partial charge in [-0.05, 0) is 0 Å². The average molecular weight is 343 g/mol. The van der Waals surface area contributed by atoms with Gasteiger partial charge in [0, 0.05) is 27.0 Å². The van der Waals surface area contributed by atoms with Crippen molar-refractivity contribution in [3.8, 4) is 0 Å². The average Bonchev–Trinajstić information content (AvgIpc) is 2.81. The fourth-order valence-electron chi connectivity index (χ4n) is 1.91. The molecule has 0 bridgehead atoms. The van der Waals surface area contributed by atoms with Crippen molar-refractivity contribution in [1.29, 1.82) is 0 Å². The number of methoxy groups -OCH3 is 1. The number of ether oxygens (including phenoxy) is 1. The van der Waals surface area contributed by atoms with Gasteiger partial charge in [-0.15, -0.1) is 11.3 Å². The summed E-state index contributed by atoms with van der Waals surface area (Å²) in [6.07, 6.45) is 1.49. The molecule has 0 radical (unpaired) electrons. The summed E-state index contributed by atoms with van der Waals surface area (Å²) < 4.78 is 16.8. The molecule has 0 aromatic carbocycles. The molecule has 1 atom stereocenters. The number of carbonyl (C=O) groups is 1. The molecule has 120 valence electrons. The summed E-state index contributed by atoms with van der Waals surface area (Å²) >= 11 is 1.08. The molecule has 0 fully saturated rings. The van der Waals surface area contributed by atoms with Crippen LogP contribution in [0.2, 0.25) is 0 Å². The molecule has 2 rings (SSSR count). The van der Waals surface area contributed by atoms with Crippen LogP contribution < -0.4 is 16.4 Å². The normalized spacial score (nSPS) is 12.5. The summed E-state index contributed by atoms with van der Waals surface area (Å²) in [5.41, 5.74) is 11.6. The fraction of sp³-hybridized carbons (Fsp3) is 0.417. The lowest BCUT2D eigenvalue weighted by molar-refractivity contribution is 0.100. The van der Waals surface area contributed by atoms with Crippen molar-refractivity contribution >= 4 is 49.8 Å². The van der Waals surface area contributed by atoms with Gasteiger partial charge in [0.15, 0.2) is 0 Å². The Morgan fingerprint density at radius 1 is 1.45 bits per heavy atom. The molecular weight excluding hydrogens is 326 g/mol. The highest BCUT2D eigenvalue weighted by Gasteiger charge is 2.22. The van der Waals surface area contributed by atoms with Gasteiger partial charge in [0.05, 0.1) is 28.5 Å². The van der Waals surface area contributed by atoms with Crippen LogP contribution in [0, 0.1) is 0 Å². The molecule has 1 unspecified atom stereocenters. The number of fused-ring (bicyclic) bond motifs is 1. The molecule has 2 aromatic rings. The number of primary amides is 1. The molecule has 0 saturated carbocycles. The number of aromatic nitrogens is 2. The predicted molar refractivity (Wildman–Crippen MR) is 87.8 cm³/mol. The van der Waals surface area contributed by atoms with Gasteiger partial charge in [-0.25, -0.2) is 9.97 Å². The standard InChI is InChI=1S/C12H17N5O3S2/c1-17(4-5-20-2)10-6-7(13)8(9(14)18)21-11(6)16-12(15-10)22(3)19/h4-5,13H2,1-3H3,(H2,14,18). The van der Waals surface area contributed by atoms with Gasteiger partial charge in [-0.2, -0.15) is 0 Å². The highest BCUT2D eigenvalue weighted by atomic mass is 32.2. The summed E-state index contributed by atoms with van der Waals surface area (Å²) in [6.45, 7) is 1.04. The van der Waals surface area contributed by atoms with Crippen LogP contribution in [0.15, 0.2) is 5.16 Å². The van der Waals surface area contributed by atoms with Gasteiger partial charge >= 0.3 is 0 Å². The summed E-state index contributed by atoms with van der Waals surface area (Å²) in [5, 5.41) is 0.732. The number of nitrogen functional groups attached to an aromatic ring is 1. The van der Waals surface area contributed by atoms with E-state index in [4.69, 9.17) is 16.2 Å².